The smallest absolute Gasteiger partial charge is 0.308 e. The zero-order valence-corrected chi connectivity index (χ0v) is 17.8. The molecule has 3 fully saturated rings. The number of hydrogen-bond donors (Lipinski definition) is 3. The van der Waals surface area contributed by atoms with Gasteiger partial charge in [-0.1, -0.05) is 6.58 Å². The van der Waals surface area contributed by atoms with Crippen LogP contribution in [0.4, 0.5) is 10.2 Å². The van der Waals surface area contributed by atoms with Crippen LogP contribution in [0.5, 0.6) is 0 Å². The molecule has 0 amide bonds. The Morgan fingerprint density at radius 2 is 2.06 bits per heavy atom. The second kappa shape index (κ2) is 7.40. The van der Waals surface area contributed by atoms with E-state index >= 15 is 0 Å². The summed E-state index contributed by atoms with van der Waals surface area (Å²) in [4.78, 5) is 24.1. The largest absolute Gasteiger partial charge is 0.481 e. The molecule has 3 aliphatic carbocycles. The van der Waals surface area contributed by atoms with E-state index in [-0.39, 0.29) is 17.9 Å². The molecule has 0 radical (unpaired) electrons. The van der Waals surface area contributed by atoms with Crippen molar-refractivity contribution in [1.82, 2.24) is 24.6 Å². The fourth-order valence-corrected chi connectivity index (χ4v) is 5.72. The number of aliphatic carboxylic acids is 1. The maximum absolute atomic E-state index is 13.9. The molecule has 3 saturated carbocycles. The highest BCUT2D eigenvalue weighted by Crippen LogP contribution is 2.46. The number of nitrogens with one attached hydrogen (secondary N) is 2. The summed E-state index contributed by atoms with van der Waals surface area (Å²) < 4.78 is 15.7. The number of aromatic nitrogens is 5. The van der Waals surface area contributed by atoms with Crippen molar-refractivity contribution in [3.05, 3.63) is 48.7 Å². The minimum Gasteiger partial charge on any atom is -0.481 e. The van der Waals surface area contributed by atoms with Crippen LogP contribution in [0.25, 0.3) is 34.0 Å². The second-order valence-corrected chi connectivity index (χ2v) is 9.00. The Morgan fingerprint density at radius 1 is 1.27 bits per heavy atom. The summed E-state index contributed by atoms with van der Waals surface area (Å²) in [6, 6.07) is 4.99. The fourth-order valence-electron chi connectivity index (χ4n) is 5.72. The van der Waals surface area contributed by atoms with Crippen molar-refractivity contribution < 1.29 is 14.3 Å². The Hall–Kier alpha value is -3.75. The van der Waals surface area contributed by atoms with Gasteiger partial charge in [0.2, 0.25) is 0 Å². The predicted molar refractivity (Wildman–Crippen MR) is 122 cm³/mol. The lowest BCUT2D eigenvalue weighted by Gasteiger charge is -2.47. The molecule has 2 bridgehead atoms. The van der Waals surface area contributed by atoms with Crippen molar-refractivity contribution >= 4 is 34.4 Å². The van der Waals surface area contributed by atoms with Gasteiger partial charge >= 0.3 is 5.97 Å². The molecule has 4 aromatic rings. The number of pyridine rings is 1. The summed E-state index contributed by atoms with van der Waals surface area (Å²) >= 11 is 0. The highest BCUT2D eigenvalue weighted by molar-refractivity contribution is 5.92. The minimum absolute atomic E-state index is 0.181. The van der Waals surface area contributed by atoms with E-state index in [1.807, 2.05) is 12.1 Å². The quantitative estimate of drug-likeness (QED) is 0.421. The molecule has 4 aromatic heterocycles. The van der Waals surface area contributed by atoms with Gasteiger partial charge in [0.1, 0.15) is 17.0 Å². The van der Waals surface area contributed by atoms with Gasteiger partial charge in [-0.2, -0.15) is 0 Å². The highest BCUT2D eigenvalue weighted by Gasteiger charge is 2.47. The SMILES string of the molecule is C=Cc1ccc2c(NC3[C@H]4CC[C@H](CC4)[C@@H]3C(=O)O)nc(-c3c[nH]c4ncc(F)cc34)nn12. The van der Waals surface area contributed by atoms with Crippen molar-refractivity contribution in [3.8, 4) is 11.4 Å². The summed E-state index contributed by atoms with van der Waals surface area (Å²) in [7, 11) is 0. The van der Waals surface area contributed by atoms with Gasteiger partial charge in [-0.15, -0.1) is 5.10 Å². The summed E-state index contributed by atoms with van der Waals surface area (Å²) in [6.07, 6.45) is 8.53. The number of carboxylic acids is 1. The van der Waals surface area contributed by atoms with Gasteiger partial charge in [0, 0.05) is 23.2 Å². The first-order chi connectivity index (χ1) is 16.0. The number of aromatic amines is 1. The number of anilines is 1. The van der Waals surface area contributed by atoms with E-state index in [1.54, 1.807) is 16.8 Å². The number of rotatable bonds is 5. The molecule has 168 valence electrons. The fraction of sp³-hybridized carbons (Fsp3) is 0.333. The lowest BCUT2D eigenvalue weighted by Crippen LogP contribution is -2.51. The molecule has 0 aliphatic heterocycles. The van der Waals surface area contributed by atoms with Gasteiger partial charge in [-0.3, -0.25) is 4.79 Å². The van der Waals surface area contributed by atoms with Gasteiger partial charge < -0.3 is 15.4 Å². The molecule has 33 heavy (non-hydrogen) atoms. The Morgan fingerprint density at radius 3 is 2.82 bits per heavy atom. The normalized spacial score (nSPS) is 24.4. The molecule has 3 N–H and O–H groups in total. The molecule has 1 unspecified atom stereocenters. The third kappa shape index (κ3) is 3.10. The molecule has 2 atom stereocenters. The Balaban J connectivity index is 1.50. The van der Waals surface area contributed by atoms with Crippen molar-refractivity contribution in [2.24, 2.45) is 17.8 Å². The van der Waals surface area contributed by atoms with Crippen LogP contribution in [-0.2, 0) is 4.79 Å². The van der Waals surface area contributed by atoms with Crippen molar-refractivity contribution in [2.45, 2.75) is 31.7 Å². The summed E-state index contributed by atoms with van der Waals surface area (Å²) in [5, 5.41) is 18.7. The number of hydrogen-bond acceptors (Lipinski definition) is 5. The van der Waals surface area contributed by atoms with E-state index in [2.05, 4.69) is 21.9 Å². The van der Waals surface area contributed by atoms with Crippen LogP contribution in [0, 0.1) is 23.6 Å². The highest BCUT2D eigenvalue weighted by atomic mass is 19.1. The van der Waals surface area contributed by atoms with Crippen molar-refractivity contribution in [3.63, 3.8) is 0 Å². The van der Waals surface area contributed by atoms with Crippen LogP contribution in [0.3, 0.4) is 0 Å². The van der Waals surface area contributed by atoms with Gasteiger partial charge in [0.25, 0.3) is 0 Å². The van der Waals surface area contributed by atoms with Crippen LogP contribution >= 0.6 is 0 Å². The van der Waals surface area contributed by atoms with Gasteiger partial charge in [0.05, 0.1) is 17.8 Å². The first kappa shape index (κ1) is 19.9. The minimum atomic E-state index is -0.757. The molecular formula is C24H23FN6O2. The van der Waals surface area contributed by atoms with Crippen LogP contribution in [0.1, 0.15) is 31.4 Å². The summed E-state index contributed by atoms with van der Waals surface area (Å²) in [5.74, 6) is -0.233. The molecule has 0 saturated heterocycles. The van der Waals surface area contributed by atoms with Gasteiger partial charge in [-0.05, 0) is 61.8 Å². The van der Waals surface area contributed by atoms with E-state index < -0.39 is 17.7 Å². The van der Waals surface area contributed by atoms with Gasteiger partial charge in [-0.25, -0.2) is 18.9 Å². The van der Waals surface area contributed by atoms with E-state index in [0.29, 0.717) is 28.2 Å². The number of fused-ring (bicyclic) bond motifs is 5. The molecular weight excluding hydrogens is 423 g/mol. The average Bonchev–Trinajstić information content (AvgIpc) is 3.43. The molecule has 0 aromatic carbocycles. The zero-order chi connectivity index (χ0) is 22.7. The average molecular weight is 446 g/mol. The van der Waals surface area contributed by atoms with E-state index in [1.165, 1.54) is 6.07 Å². The maximum atomic E-state index is 13.9. The maximum Gasteiger partial charge on any atom is 0.308 e. The summed E-state index contributed by atoms with van der Waals surface area (Å²) in [5.41, 5.74) is 2.67. The summed E-state index contributed by atoms with van der Waals surface area (Å²) in [6.45, 7) is 3.87. The molecule has 7 rings (SSSR count). The predicted octanol–water partition coefficient (Wildman–Crippen LogP) is 4.36. The second-order valence-electron chi connectivity index (χ2n) is 9.00. The number of nitrogens with zero attached hydrogens (tertiary/aromatic N) is 4. The monoisotopic (exact) mass is 446 g/mol. The Bertz CT molecular complexity index is 1400. The van der Waals surface area contributed by atoms with Gasteiger partial charge in [0.15, 0.2) is 11.6 Å². The third-order valence-corrected chi connectivity index (χ3v) is 7.30. The van der Waals surface area contributed by atoms with Crippen LogP contribution < -0.4 is 5.32 Å². The Kier molecular flexibility index (Phi) is 4.46. The number of halogens is 1. The zero-order valence-electron chi connectivity index (χ0n) is 17.8. The lowest BCUT2D eigenvalue weighted by atomic mass is 9.61. The van der Waals surface area contributed by atoms with Crippen molar-refractivity contribution in [2.75, 3.05) is 5.32 Å². The molecule has 0 spiro atoms. The molecule has 9 heteroatoms. The van der Waals surface area contributed by atoms with E-state index in [4.69, 9.17) is 10.1 Å². The first-order valence-corrected chi connectivity index (χ1v) is 11.2. The molecule has 8 nitrogen and oxygen atoms in total. The number of carbonyl (C=O) groups is 1. The lowest BCUT2D eigenvalue weighted by molar-refractivity contribution is -0.148. The van der Waals surface area contributed by atoms with Crippen LogP contribution in [0.2, 0.25) is 0 Å². The van der Waals surface area contributed by atoms with Crippen LogP contribution in [0.15, 0.2) is 37.2 Å². The van der Waals surface area contributed by atoms with E-state index in [0.717, 1.165) is 43.1 Å². The van der Waals surface area contributed by atoms with E-state index in [9.17, 15) is 14.3 Å². The third-order valence-electron chi connectivity index (χ3n) is 7.30. The molecule has 3 aliphatic rings. The number of H-pyrrole nitrogens is 1. The number of carboxylic acid groups (broad SMARTS) is 1. The first-order valence-electron chi connectivity index (χ1n) is 11.2. The Labute approximate surface area is 188 Å². The standard InChI is InChI=1S/C24H23FN6O2/c1-2-15-7-8-18-23(28-20-13-5-3-12(4-6-13)19(20)24(32)33)29-22(30-31(15)18)17-11-27-21-16(17)9-14(25)10-26-21/h2,7-13,19-20H,1,3-6H2,(H,26,27)(H,32,33)(H,28,29,30)/t12-,13+,19-,20?/m0/s1. The molecule has 4 heterocycles. The van der Waals surface area contributed by atoms with Crippen LogP contribution in [-0.4, -0.2) is 41.7 Å². The van der Waals surface area contributed by atoms with Crippen molar-refractivity contribution in [1.29, 1.82) is 0 Å². The topological polar surface area (TPSA) is 108 Å².